The highest BCUT2D eigenvalue weighted by Crippen LogP contribution is 2.37. The molecule has 33 heavy (non-hydrogen) atoms. The second-order valence-corrected chi connectivity index (χ2v) is 8.85. The number of H-pyrrole nitrogens is 1. The van der Waals surface area contributed by atoms with Crippen LogP contribution in [-0.4, -0.2) is 43.8 Å². The summed E-state index contributed by atoms with van der Waals surface area (Å²) in [5.74, 6) is 1.74. The number of nitrogens with zero attached hydrogens (tertiary/aromatic N) is 4. The quantitative estimate of drug-likeness (QED) is 0.434. The van der Waals surface area contributed by atoms with Crippen LogP contribution in [0.2, 0.25) is 0 Å². The van der Waals surface area contributed by atoms with Gasteiger partial charge in [0.1, 0.15) is 5.69 Å². The molecular formula is C22H20N6O4S. The lowest BCUT2D eigenvalue weighted by atomic mass is 10.1. The number of aromatic nitrogens is 5. The van der Waals surface area contributed by atoms with Crippen molar-refractivity contribution >= 4 is 17.2 Å². The van der Waals surface area contributed by atoms with Crippen LogP contribution in [0, 0.1) is 0 Å². The molecule has 2 aliphatic rings. The fraction of sp³-hybridized carbons (Fsp3) is 0.273. The number of carbonyl (C=O) groups is 1. The maximum absolute atomic E-state index is 12.9. The van der Waals surface area contributed by atoms with Crippen molar-refractivity contribution in [2.45, 2.75) is 25.4 Å². The van der Waals surface area contributed by atoms with Crippen LogP contribution >= 0.6 is 11.3 Å². The summed E-state index contributed by atoms with van der Waals surface area (Å²) in [4.78, 5) is 26.4. The Morgan fingerprint density at radius 2 is 2.09 bits per heavy atom. The van der Waals surface area contributed by atoms with Crippen molar-refractivity contribution in [1.29, 1.82) is 0 Å². The molecule has 168 valence electrons. The van der Waals surface area contributed by atoms with E-state index in [1.807, 2.05) is 35.7 Å². The summed E-state index contributed by atoms with van der Waals surface area (Å²) in [6.07, 6.45) is 1.98. The van der Waals surface area contributed by atoms with Crippen LogP contribution in [0.25, 0.3) is 22.0 Å². The third-order valence-electron chi connectivity index (χ3n) is 5.62. The first-order valence-electron chi connectivity index (χ1n) is 10.6. The van der Waals surface area contributed by atoms with E-state index >= 15 is 0 Å². The molecule has 10 nitrogen and oxygen atoms in total. The first-order chi connectivity index (χ1) is 16.2. The van der Waals surface area contributed by atoms with Crippen molar-refractivity contribution in [3.63, 3.8) is 0 Å². The Bertz CT molecular complexity index is 1380. The molecule has 3 aromatic heterocycles. The van der Waals surface area contributed by atoms with Gasteiger partial charge in [0.25, 0.3) is 5.91 Å². The average molecular weight is 465 g/mol. The van der Waals surface area contributed by atoms with Crippen molar-refractivity contribution in [1.82, 2.24) is 29.9 Å². The van der Waals surface area contributed by atoms with E-state index in [4.69, 9.17) is 9.47 Å². The van der Waals surface area contributed by atoms with Gasteiger partial charge in [0.05, 0.1) is 17.1 Å². The van der Waals surface area contributed by atoms with Crippen LogP contribution in [0.3, 0.4) is 0 Å². The average Bonchev–Trinajstić information content (AvgIpc) is 3.29. The second kappa shape index (κ2) is 7.93. The molecule has 0 saturated heterocycles. The Kier molecular flexibility index (Phi) is 4.75. The van der Waals surface area contributed by atoms with E-state index in [0.29, 0.717) is 28.7 Å². The largest absolute Gasteiger partial charge is 0.454 e. The van der Waals surface area contributed by atoms with Gasteiger partial charge < -0.3 is 14.8 Å². The molecule has 0 radical (unpaired) electrons. The van der Waals surface area contributed by atoms with Gasteiger partial charge in [-0.05, 0) is 48.6 Å². The highest BCUT2D eigenvalue weighted by Gasteiger charge is 2.30. The van der Waals surface area contributed by atoms with Gasteiger partial charge in [0, 0.05) is 18.2 Å². The Morgan fingerprint density at radius 1 is 1.21 bits per heavy atom. The van der Waals surface area contributed by atoms with Crippen molar-refractivity contribution in [3.05, 3.63) is 58.0 Å². The number of rotatable bonds is 7. The lowest BCUT2D eigenvalue weighted by molar-refractivity contribution is 0.0946. The molecule has 4 aromatic rings. The molecule has 2 N–H and O–H groups in total. The minimum Gasteiger partial charge on any atom is -0.454 e. The topological polar surface area (TPSA) is 116 Å². The van der Waals surface area contributed by atoms with Crippen LogP contribution in [0.5, 0.6) is 11.5 Å². The number of aromatic amines is 1. The fourth-order valence-electron chi connectivity index (χ4n) is 3.81. The van der Waals surface area contributed by atoms with Gasteiger partial charge in [-0.2, -0.15) is 5.10 Å². The number of fused-ring (bicyclic) bond motifs is 1. The number of hydrogen-bond donors (Lipinski definition) is 2. The maximum atomic E-state index is 12.9. The first-order valence-corrected chi connectivity index (χ1v) is 11.5. The van der Waals surface area contributed by atoms with Gasteiger partial charge in [-0.1, -0.05) is 6.07 Å². The van der Waals surface area contributed by atoms with Crippen molar-refractivity contribution < 1.29 is 14.3 Å². The summed E-state index contributed by atoms with van der Waals surface area (Å²) in [6.45, 7) is 0.748. The first kappa shape index (κ1) is 19.8. The lowest BCUT2D eigenvalue weighted by Gasteiger charge is -2.03. The molecule has 1 saturated carbocycles. The third kappa shape index (κ3) is 3.69. The monoisotopic (exact) mass is 464 g/mol. The Hall–Kier alpha value is -3.86. The second-order valence-electron chi connectivity index (χ2n) is 7.90. The molecular weight excluding hydrogens is 444 g/mol. The predicted octanol–water partition coefficient (Wildman–Crippen LogP) is 2.66. The van der Waals surface area contributed by atoms with E-state index < -0.39 is 0 Å². The van der Waals surface area contributed by atoms with Gasteiger partial charge in [-0.15, -0.1) is 16.4 Å². The summed E-state index contributed by atoms with van der Waals surface area (Å²) in [6, 6.07) is 11.3. The smallest absolute Gasteiger partial charge is 0.346 e. The predicted molar refractivity (Wildman–Crippen MR) is 121 cm³/mol. The molecule has 0 unspecified atom stereocenters. The minimum atomic E-state index is -0.303. The molecule has 1 aliphatic heterocycles. The number of ether oxygens (including phenoxy) is 2. The van der Waals surface area contributed by atoms with Gasteiger partial charge in [0.2, 0.25) is 6.79 Å². The Labute approximate surface area is 191 Å². The Morgan fingerprint density at radius 3 is 2.91 bits per heavy atom. The summed E-state index contributed by atoms with van der Waals surface area (Å²) >= 11 is 1.56. The summed E-state index contributed by atoms with van der Waals surface area (Å²) in [5.41, 5.74) is 1.63. The molecule has 0 bridgehead atoms. The molecule has 0 spiro atoms. The highest BCUT2D eigenvalue weighted by molar-refractivity contribution is 7.13. The number of carbonyl (C=O) groups excluding carboxylic acids is 1. The van der Waals surface area contributed by atoms with E-state index in [0.717, 1.165) is 23.3 Å². The third-order valence-corrected chi connectivity index (χ3v) is 6.49. The number of benzene rings is 1. The zero-order valence-corrected chi connectivity index (χ0v) is 18.3. The maximum Gasteiger partial charge on any atom is 0.346 e. The highest BCUT2D eigenvalue weighted by atomic mass is 32.1. The molecule has 11 heteroatoms. The van der Waals surface area contributed by atoms with Gasteiger partial charge in [-0.25, -0.2) is 9.48 Å². The molecule has 6 rings (SSSR count). The fourth-order valence-corrected chi connectivity index (χ4v) is 4.52. The van der Waals surface area contributed by atoms with Crippen LogP contribution in [0.4, 0.5) is 0 Å². The zero-order valence-electron chi connectivity index (χ0n) is 17.5. The molecule has 1 amide bonds. The van der Waals surface area contributed by atoms with Crippen molar-refractivity contribution in [3.8, 4) is 33.5 Å². The molecule has 0 atom stereocenters. The standard InChI is InChI=1S/C22H20N6O4S/c29-21(16-11-15(24-25-16)13-3-6-17-18(10-13)32-12-31-17)23-7-8-27-22(30)28(14-4-5-14)20(26-27)19-2-1-9-33-19/h1-3,6,9-11,14H,4-5,7-8,12H2,(H,23,29)(H,24,25). The summed E-state index contributed by atoms with van der Waals surface area (Å²) in [5, 5.41) is 16.3. The molecule has 1 aliphatic carbocycles. The Balaban J connectivity index is 1.13. The number of amides is 1. The van der Waals surface area contributed by atoms with E-state index in [2.05, 4.69) is 20.6 Å². The van der Waals surface area contributed by atoms with E-state index in [1.165, 1.54) is 4.68 Å². The SMILES string of the molecule is O=C(NCCn1nc(-c2cccs2)n(C2CC2)c1=O)c1cc(-c2ccc3c(c2)OCO3)n[nH]1. The van der Waals surface area contributed by atoms with E-state index in [9.17, 15) is 9.59 Å². The van der Waals surface area contributed by atoms with E-state index in [-0.39, 0.29) is 37.5 Å². The molecule has 4 heterocycles. The van der Waals surface area contributed by atoms with Gasteiger partial charge >= 0.3 is 5.69 Å². The molecule has 1 fully saturated rings. The van der Waals surface area contributed by atoms with Gasteiger partial charge in [0.15, 0.2) is 17.3 Å². The summed E-state index contributed by atoms with van der Waals surface area (Å²) in [7, 11) is 0. The zero-order chi connectivity index (χ0) is 22.4. The lowest BCUT2D eigenvalue weighted by Crippen LogP contribution is -2.32. The number of thiophene rings is 1. The molecule has 1 aromatic carbocycles. The van der Waals surface area contributed by atoms with Crippen LogP contribution < -0.4 is 20.5 Å². The van der Waals surface area contributed by atoms with Crippen LogP contribution in [0.15, 0.2) is 46.6 Å². The normalized spacial score (nSPS) is 14.5. The number of hydrogen-bond acceptors (Lipinski definition) is 7. The summed E-state index contributed by atoms with van der Waals surface area (Å²) < 4.78 is 13.9. The van der Waals surface area contributed by atoms with Crippen LogP contribution in [0.1, 0.15) is 29.4 Å². The van der Waals surface area contributed by atoms with Crippen molar-refractivity contribution in [2.24, 2.45) is 0 Å². The van der Waals surface area contributed by atoms with E-state index in [1.54, 1.807) is 22.0 Å². The van der Waals surface area contributed by atoms with Gasteiger partial charge in [-0.3, -0.25) is 14.5 Å². The minimum absolute atomic E-state index is 0.137. The van der Waals surface area contributed by atoms with Crippen molar-refractivity contribution in [2.75, 3.05) is 13.3 Å². The number of nitrogens with one attached hydrogen (secondary N) is 2. The van der Waals surface area contributed by atoms with Crippen LogP contribution in [-0.2, 0) is 6.54 Å².